The van der Waals surface area contributed by atoms with E-state index < -0.39 is 0 Å². The van der Waals surface area contributed by atoms with E-state index in [-0.39, 0.29) is 0 Å². The second-order valence-corrected chi connectivity index (χ2v) is 4.42. The molecule has 2 aromatic heterocycles. The van der Waals surface area contributed by atoms with Gasteiger partial charge in [0.1, 0.15) is 17.1 Å². The van der Waals surface area contributed by atoms with Gasteiger partial charge >= 0.3 is 0 Å². The van der Waals surface area contributed by atoms with Crippen LogP contribution in [0.3, 0.4) is 0 Å². The highest BCUT2D eigenvalue weighted by Crippen LogP contribution is 2.26. The molecule has 0 aliphatic rings. The first kappa shape index (κ1) is 10.7. The van der Waals surface area contributed by atoms with E-state index in [0.29, 0.717) is 11.7 Å². The number of hydrogen-bond donors (Lipinski definition) is 0. The van der Waals surface area contributed by atoms with Crippen LogP contribution in [0.25, 0.3) is 11.0 Å². The van der Waals surface area contributed by atoms with Gasteiger partial charge in [-0.3, -0.25) is 0 Å². The molecule has 0 spiro atoms. The summed E-state index contributed by atoms with van der Waals surface area (Å²) in [5, 5.41) is 1.39. The van der Waals surface area contributed by atoms with Crippen molar-refractivity contribution < 1.29 is 0 Å². The summed E-state index contributed by atoms with van der Waals surface area (Å²) in [6, 6.07) is 0. The highest BCUT2D eigenvalue weighted by Gasteiger charge is 2.10. The topological polar surface area (TPSA) is 30.7 Å². The number of aromatic nitrogens is 3. The van der Waals surface area contributed by atoms with Crippen molar-refractivity contribution in [3.8, 4) is 0 Å². The SMILES string of the molecule is C=C=CCn1cc(I)c2c(Cl)ncnc21. The van der Waals surface area contributed by atoms with E-state index in [9.17, 15) is 0 Å². The van der Waals surface area contributed by atoms with Crippen LogP contribution in [-0.4, -0.2) is 14.5 Å². The van der Waals surface area contributed by atoms with E-state index >= 15 is 0 Å². The summed E-state index contributed by atoms with van der Waals surface area (Å²) in [7, 11) is 0. The van der Waals surface area contributed by atoms with Crippen molar-refractivity contribution in [1.29, 1.82) is 0 Å². The van der Waals surface area contributed by atoms with Gasteiger partial charge in [0.2, 0.25) is 0 Å². The second-order valence-electron chi connectivity index (χ2n) is 2.90. The quantitative estimate of drug-likeness (QED) is 0.481. The summed E-state index contributed by atoms with van der Waals surface area (Å²) in [6.45, 7) is 4.22. The maximum absolute atomic E-state index is 6.00. The lowest BCUT2D eigenvalue weighted by Crippen LogP contribution is -1.94. The molecular weight excluding hydrogens is 324 g/mol. The van der Waals surface area contributed by atoms with Crippen molar-refractivity contribution in [2.45, 2.75) is 6.54 Å². The summed E-state index contributed by atoms with van der Waals surface area (Å²) >= 11 is 8.22. The van der Waals surface area contributed by atoms with Crippen molar-refractivity contribution in [1.82, 2.24) is 14.5 Å². The van der Waals surface area contributed by atoms with Crippen molar-refractivity contribution in [3.05, 3.63) is 39.6 Å². The normalized spacial score (nSPS) is 10.3. The minimum Gasteiger partial charge on any atom is -0.327 e. The minimum atomic E-state index is 0.491. The molecule has 0 aliphatic heterocycles. The van der Waals surface area contributed by atoms with Crippen LogP contribution >= 0.6 is 34.2 Å². The van der Waals surface area contributed by atoms with E-state index in [1.165, 1.54) is 6.33 Å². The summed E-state index contributed by atoms with van der Waals surface area (Å²) < 4.78 is 3.04. The van der Waals surface area contributed by atoms with Crippen molar-refractivity contribution in [2.75, 3.05) is 0 Å². The van der Waals surface area contributed by atoms with Gasteiger partial charge < -0.3 is 4.57 Å². The van der Waals surface area contributed by atoms with Gasteiger partial charge in [-0.1, -0.05) is 18.2 Å². The Morgan fingerprint density at radius 2 is 2.40 bits per heavy atom. The van der Waals surface area contributed by atoms with Gasteiger partial charge in [-0.15, -0.1) is 5.73 Å². The molecule has 0 unspecified atom stereocenters. The number of rotatable bonds is 2. The van der Waals surface area contributed by atoms with Crippen LogP contribution in [-0.2, 0) is 6.54 Å². The first-order valence-corrected chi connectivity index (χ1v) is 5.69. The van der Waals surface area contributed by atoms with Crippen molar-refractivity contribution in [2.24, 2.45) is 0 Å². The largest absolute Gasteiger partial charge is 0.327 e. The van der Waals surface area contributed by atoms with E-state index in [2.05, 4.69) is 44.9 Å². The monoisotopic (exact) mass is 331 g/mol. The van der Waals surface area contributed by atoms with Gasteiger partial charge in [-0.2, -0.15) is 0 Å². The van der Waals surface area contributed by atoms with Crippen LogP contribution in [0, 0.1) is 3.57 Å². The smallest absolute Gasteiger partial charge is 0.146 e. The lowest BCUT2D eigenvalue weighted by Gasteiger charge is -1.98. The zero-order chi connectivity index (χ0) is 10.8. The fraction of sp³-hybridized carbons (Fsp3) is 0.100. The van der Waals surface area contributed by atoms with Gasteiger partial charge in [-0.25, -0.2) is 9.97 Å². The molecule has 0 saturated carbocycles. The first-order valence-electron chi connectivity index (χ1n) is 4.23. The molecule has 15 heavy (non-hydrogen) atoms. The number of allylic oxidation sites excluding steroid dienone is 1. The molecule has 3 nitrogen and oxygen atoms in total. The summed E-state index contributed by atoms with van der Waals surface area (Å²) in [4.78, 5) is 8.17. The molecule has 5 heteroatoms. The van der Waals surface area contributed by atoms with E-state index in [4.69, 9.17) is 11.6 Å². The number of fused-ring (bicyclic) bond motifs is 1. The molecule has 0 aromatic carbocycles. The van der Waals surface area contributed by atoms with Crippen molar-refractivity contribution >= 4 is 45.2 Å². The average Bonchev–Trinajstić information content (AvgIpc) is 2.54. The maximum atomic E-state index is 6.00. The highest BCUT2D eigenvalue weighted by molar-refractivity contribution is 14.1. The zero-order valence-electron chi connectivity index (χ0n) is 7.74. The number of halogens is 2. The molecule has 0 saturated heterocycles. The van der Waals surface area contributed by atoms with Gasteiger partial charge in [0.05, 0.1) is 5.39 Å². The van der Waals surface area contributed by atoms with Crippen LogP contribution in [0.5, 0.6) is 0 Å². The fourth-order valence-electron chi connectivity index (χ4n) is 1.34. The number of nitrogens with zero attached hydrogens (tertiary/aromatic N) is 3. The molecule has 2 aromatic rings. The van der Waals surface area contributed by atoms with Gasteiger partial charge in [-0.05, 0) is 28.7 Å². The third kappa shape index (κ3) is 1.93. The molecule has 2 heterocycles. The molecule has 0 radical (unpaired) electrons. The Labute approximate surface area is 106 Å². The molecule has 76 valence electrons. The molecule has 2 rings (SSSR count). The standard InChI is InChI=1S/C10H7ClIN3/c1-2-3-4-15-5-7(12)8-9(11)13-6-14-10(8)15/h3,5-6H,1,4H2. The third-order valence-corrected chi connectivity index (χ3v) is 3.10. The van der Waals surface area contributed by atoms with Crippen LogP contribution in [0.4, 0.5) is 0 Å². The fourth-order valence-corrected chi connectivity index (χ4v) is 2.57. The van der Waals surface area contributed by atoms with Crippen LogP contribution in [0.15, 0.2) is 30.9 Å². The van der Waals surface area contributed by atoms with Gasteiger partial charge in [0.15, 0.2) is 0 Å². The first-order chi connectivity index (χ1) is 7.24. The highest BCUT2D eigenvalue weighted by atomic mass is 127. The van der Waals surface area contributed by atoms with Gasteiger partial charge in [0, 0.05) is 16.3 Å². The summed E-state index contributed by atoms with van der Waals surface area (Å²) in [5.74, 6) is 0. The Hall–Kier alpha value is -0.840. The molecule has 0 aliphatic carbocycles. The van der Waals surface area contributed by atoms with Crippen molar-refractivity contribution in [3.63, 3.8) is 0 Å². The zero-order valence-corrected chi connectivity index (χ0v) is 10.7. The minimum absolute atomic E-state index is 0.491. The summed E-state index contributed by atoms with van der Waals surface area (Å²) in [6.07, 6.45) is 5.29. The van der Waals surface area contributed by atoms with Crippen LogP contribution in [0.1, 0.15) is 0 Å². The Morgan fingerprint density at radius 3 is 3.13 bits per heavy atom. The van der Waals surface area contributed by atoms with E-state index in [1.54, 1.807) is 0 Å². The van der Waals surface area contributed by atoms with E-state index in [1.807, 2.05) is 16.8 Å². The molecule has 0 N–H and O–H groups in total. The lowest BCUT2D eigenvalue weighted by molar-refractivity contribution is 0.847. The maximum Gasteiger partial charge on any atom is 0.146 e. The molecule has 0 atom stereocenters. The lowest BCUT2D eigenvalue weighted by atomic mass is 10.4. The average molecular weight is 332 g/mol. The third-order valence-electron chi connectivity index (χ3n) is 1.99. The Kier molecular flexibility index (Phi) is 3.09. The predicted molar refractivity (Wildman–Crippen MR) is 69.0 cm³/mol. The number of hydrogen-bond acceptors (Lipinski definition) is 2. The Balaban J connectivity index is 2.67. The predicted octanol–water partition coefficient (Wildman–Crippen LogP) is 3.03. The Morgan fingerprint density at radius 1 is 1.60 bits per heavy atom. The Bertz CT molecular complexity index is 555. The molecule has 0 fully saturated rings. The van der Waals surface area contributed by atoms with E-state index in [0.717, 1.165) is 14.6 Å². The molecule has 0 bridgehead atoms. The summed E-state index contributed by atoms with van der Waals surface area (Å²) in [5.41, 5.74) is 3.57. The van der Waals surface area contributed by atoms with Crippen LogP contribution < -0.4 is 0 Å². The molecule has 0 amide bonds. The molecular formula is C10H7ClIN3. The van der Waals surface area contributed by atoms with Gasteiger partial charge in [0.25, 0.3) is 0 Å². The second kappa shape index (κ2) is 4.35. The van der Waals surface area contributed by atoms with Crippen LogP contribution in [0.2, 0.25) is 5.15 Å².